The molecule has 9 heteroatoms. The Kier molecular flexibility index (Phi) is 9.64. The van der Waals surface area contributed by atoms with Gasteiger partial charge in [-0.2, -0.15) is 0 Å². The number of fused-ring (bicyclic) bond motifs is 1. The lowest BCUT2D eigenvalue weighted by atomic mass is 9.77. The van der Waals surface area contributed by atoms with Crippen LogP contribution in [0, 0.1) is 0 Å². The van der Waals surface area contributed by atoms with Crippen LogP contribution in [-0.2, 0) is 23.1 Å². The van der Waals surface area contributed by atoms with Gasteiger partial charge in [-0.05, 0) is 40.4 Å². The molecule has 0 unspecified atom stereocenters. The number of hydrogen-bond donors (Lipinski definition) is 1. The number of methoxy groups -OCH3 is 1. The number of carboxylic acid groups (broad SMARTS) is 1. The Morgan fingerprint density at radius 2 is 1.28 bits per heavy atom. The highest BCUT2D eigenvalue weighted by Crippen LogP contribution is 2.45. The maximum atomic E-state index is 13.0. The van der Waals surface area contributed by atoms with E-state index < -0.39 is 19.9 Å². The molecular formula is C41H44N4O4Si. The number of anilines is 1. The van der Waals surface area contributed by atoms with Gasteiger partial charge in [0, 0.05) is 6.07 Å². The highest BCUT2D eigenvalue weighted by molar-refractivity contribution is 6.74. The van der Waals surface area contributed by atoms with E-state index in [1.165, 1.54) is 4.90 Å². The number of carbonyl (C=O) groups is 1. The molecule has 256 valence electrons. The molecule has 0 aliphatic rings. The summed E-state index contributed by atoms with van der Waals surface area (Å²) in [5.41, 5.74) is 4.00. The molecule has 6 aromatic rings. The highest BCUT2D eigenvalue weighted by Gasteiger charge is 2.42. The van der Waals surface area contributed by atoms with Crippen molar-refractivity contribution in [2.45, 2.75) is 57.6 Å². The van der Waals surface area contributed by atoms with E-state index in [2.05, 4.69) is 70.3 Å². The van der Waals surface area contributed by atoms with E-state index in [1.807, 2.05) is 95.7 Å². The van der Waals surface area contributed by atoms with E-state index in [-0.39, 0.29) is 24.0 Å². The Balaban J connectivity index is 1.71. The van der Waals surface area contributed by atoms with Crippen molar-refractivity contribution in [3.05, 3.63) is 155 Å². The molecule has 0 saturated carbocycles. The zero-order valence-electron chi connectivity index (χ0n) is 29.5. The SMILES string of the molecule is COc1nn(C(c2ccccc2)(c2ccccc2)c2ccccc2)c2cc(N(Cc3ccccc3)C(=O)O)nc(CO[Si](C)(C)C(C)(C)C)c12. The van der Waals surface area contributed by atoms with Crippen LogP contribution in [0.1, 0.15) is 48.7 Å². The summed E-state index contributed by atoms with van der Waals surface area (Å²) in [5, 5.41) is 16.5. The Labute approximate surface area is 295 Å². The third kappa shape index (κ3) is 6.42. The van der Waals surface area contributed by atoms with Gasteiger partial charge in [-0.1, -0.05) is 142 Å². The minimum absolute atomic E-state index is 0.0541. The smallest absolute Gasteiger partial charge is 0.413 e. The zero-order chi connectivity index (χ0) is 35.5. The summed E-state index contributed by atoms with van der Waals surface area (Å²) in [4.78, 5) is 19.3. The molecule has 0 radical (unpaired) electrons. The summed E-state index contributed by atoms with van der Waals surface area (Å²) in [5.74, 6) is 0.652. The second-order valence-electron chi connectivity index (χ2n) is 14.0. The Morgan fingerprint density at radius 3 is 1.72 bits per heavy atom. The van der Waals surface area contributed by atoms with Crippen molar-refractivity contribution in [3.8, 4) is 5.88 Å². The van der Waals surface area contributed by atoms with Gasteiger partial charge in [0.25, 0.3) is 0 Å². The van der Waals surface area contributed by atoms with Gasteiger partial charge in [0.1, 0.15) is 11.4 Å². The van der Waals surface area contributed by atoms with E-state index in [9.17, 15) is 9.90 Å². The first kappa shape index (κ1) is 34.6. The van der Waals surface area contributed by atoms with Crippen molar-refractivity contribution in [2.24, 2.45) is 0 Å². The second kappa shape index (κ2) is 13.9. The molecule has 0 atom stereocenters. The van der Waals surface area contributed by atoms with Crippen LogP contribution in [0.2, 0.25) is 18.1 Å². The van der Waals surface area contributed by atoms with Crippen LogP contribution in [0.15, 0.2) is 127 Å². The van der Waals surface area contributed by atoms with E-state index in [0.717, 1.165) is 22.3 Å². The first-order valence-corrected chi connectivity index (χ1v) is 19.7. The molecule has 0 aliphatic heterocycles. The topological polar surface area (TPSA) is 89.7 Å². The lowest BCUT2D eigenvalue weighted by Crippen LogP contribution is -2.40. The van der Waals surface area contributed by atoms with Crippen LogP contribution in [-0.4, -0.2) is 41.4 Å². The molecule has 6 rings (SSSR count). The largest absolute Gasteiger partial charge is 0.479 e. The van der Waals surface area contributed by atoms with Crippen molar-refractivity contribution in [2.75, 3.05) is 12.0 Å². The van der Waals surface area contributed by atoms with Gasteiger partial charge in [0.15, 0.2) is 8.32 Å². The minimum atomic E-state index is -2.26. The van der Waals surface area contributed by atoms with Crippen LogP contribution in [0.3, 0.4) is 0 Å². The molecule has 8 nitrogen and oxygen atoms in total. The molecule has 0 saturated heterocycles. The third-order valence-electron chi connectivity index (χ3n) is 9.85. The summed E-state index contributed by atoms with van der Waals surface area (Å²) in [7, 11) is -0.652. The zero-order valence-corrected chi connectivity index (χ0v) is 30.5. The quantitative estimate of drug-likeness (QED) is 0.108. The van der Waals surface area contributed by atoms with E-state index >= 15 is 0 Å². The van der Waals surface area contributed by atoms with Gasteiger partial charge in [0.05, 0.1) is 36.9 Å². The van der Waals surface area contributed by atoms with E-state index in [4.69, 9.17) is 19.2 Å². The van der Waals surface area contributed by atoms with Crippen molar-refractivity contribution in [1.82, 2.24) is 14.8 Å². The maximum absolute atomic E-state index is 13.0. The lowest BCUT2D eigenvalue weighted by molar-refractivity contribution is 0.201. The van der Waals surface area contributed by atoms with E-state index in [0.29, 0.717) is 22.5 Å². The van der Waals surface area contributed by atoms with Crippen LogP contribution in [0.25, 0.3) is 10.9 Å². The second-order valence-corrected chi connectivity index (χ2v) is 18.8. The van der Waals surface area contributed by atoms with Crippen LogP contribution in [0.5, 0.6) is 5.88 Å². The van der Waals surface area contributed by atoms with Gasteiger partial charge >= 0.3 is 6.09 Å². The van der Waals surface area contributed by atoms with Crippen molar-refractivity contribution < 1.29 is 19.1 Å². The fourth-order valence-corrected chi connectivity index (χ4v) is 7.12. The predicted octanol–water partition coefficient (Wildman–Crippen LogP) is 9.49. The summed E-state index contributed by atoms with van der Waals surface area (Å²) < 4.78 is 14.8. The number of benzene rings is 4. The molecule has 0 fully saturated rings. The standard InChI is InChI=1S/C41H44N4O4Si/c1-40(2,3)50(5,6)49-29-34-37-35(27-36(42-34)44(39(46)47)28-30-19-11-7-12-20-30)45(43-38(37)48-4)41(31-21-13-8-14-22-31,32-23-15-9-16-24-32)33-25-17-10-18-26-33/h7-27H,28-29H2,1-6H3,(H,46,47). The summed E-state index contributed by atoms with van der Waals surface area (Å²) in [6, 6.07) is 42.1. The Morgan fingerprint density at radius 1 is 0.800 bits per heavy atom. The number of pyridine rings is 1. The predicted molar refractivity (Wildman–Crippen MR) is 201 cm³/mol. The fourth-order valence-electron chi connectivity index (χ4n) is 6.19. The number of hydrogen-bond acceptors (Lipinski definition) is 5. The van der Waals surface area contributed by atoms with E-state index in [1.54, 1.807) is 7.11 Å². The Bertz CT molecular complexity index is 1970. The van der Waals surface area contributed by atoms with Crippen molar-refractivity contribution in [1.29, 1.82) is 0 Å². The van der Waals surface area contributed by atoms with Gasteiger partial charge in [-0.3, -0.25) is 4.90 Å². The number of aromatic nitrogens is 3. The van der Waals surface area contributed by atoms with Crippen molar-refractivity contribution >= 4 is 31.1 Å². The molecule has 1 amide bonds. The average Bonchev–Trinajstić information content (AvgIpc) is 3.50. The van der Waals surface area contributed by atoms with Crippen molar-refractivity contribution in [3.63, 3.8) is 0 Å². The molecule has 0 bridgehead atoms. The first-order chi connectivity index (χ1) is 24.0. The normalized spacial score (nSPS) is 12.2. The highest BCUT2D eigenvalue weighted by atomic mass is 28.4. The summed E-state index contributed by atoms with van der Waals surface area (Å²) in [6.07, 6.45) is -1.12. The molecule has 4 aromatic carbocycles. The van der Waals surface area contributed by atoms with Gasteiger partial charge in [-0.15, -0.1) is 5.10 Å². The molecule has 0 spiro atoms. The van der Waals surface area contributed by atoms with Crippen LogP contribution >= 0.6 is 0 Å². The molecule has 50 heavy (non-hydrogen) atoms. The third-order valence-corrected chi connectivity index (χ3v) is 14.3. The molecule has 0 aliphatic carbocycles. The number of amides is 1. The van der Waals surface area contributed by atoms with Crippen LogP contribution < -0.4 is 9.64 Å². The average molecular weight is 685 g/mol. The Hall–Kier alpha value is -5.25. The van der Waals surface area contributed by atoms with Gasteiger partial charge in [0.2, 0.25) is 5.88 Å². The number of rotatable bonds is 11. The number of ether oxygens (including phenoxy) is 1. The lowest BCUT2D eigenvalue weighted by Gasteiger charge is -2.37. The molecular weight excluding hydrogens is 641 g/mol. The molecule has 1 N–H and O–H groups in total. The first-order valence-electron chi connectivity index (χ1n) is 16.8. The monoisotopic (exact) mass is 684 g/mol. The van der Waals surface area contributed by atoms with Crippen LogP contribution in [0.4, 0.5) is 10.6 Å². The number of nitrogens with zero attached hydrogens (tertiary/aromatic N) is 4. The van der Waals surface area contributed by atoms with Gasteiger partial charge < -0.3 is 14.3 Å². The molecule has 2 aromatic heterocycles. The van der Waals surface area contributed by atoms with Gasteiger partial charge in [-0.25, -0.2) is 14.5 Å². The summed E-state index contributed by atoms with van der Waals surface area (Å²) >= 11 is 0. The maximum Gasteiger partial charge on any atom is 0.413 e. The fraction of sp³-hybridized carbons (Fsp3) is 0.244. The molecule has 2 heterocycles. The minimum Gasteiger partial charge on any atom is -0.479 e. The summed E-state index contributed by atoms with van der Waals surface area (Å²) in [6.45, 7) is 11.2.